The third-order valence-corrected chi connectivity index (χ3v) is 3.87. The number of nitrogens with zero attached hydrogens (tertiary/aromatic N) is 2. The van der Waals surface area contributed by atoms with Gasteiger partial charge in [-0.15, -0.1) is 0 Å². The first-order valence-corrected chi connectivity index (χ1v) is 8.35. The highest BCUT2D eigenvalue weighted by molar-refractivity contribution is 6.12. The fourth-order valence-corrected chi connectivity index (χ4v) is 2.61. The van der Waals surface area contributed by atoms with Crippen LogP contribution in [-0.2, 0) is 4.79 Å². The van der Waals surface area contributed by atoms with E-state index in [2.05, 4.69) is 10.3 Å². The quantitative estimate of drug-likeness (QED) is 0.532. The molecule has 3 rings (SSSR count). The first-order chi connectivity index (χ1) is 13.1. The van der Waals surface area contributed by atoms with Crippen molar-refractivity contribution in [2.45, 2.75) is 6.92 Å². The molecular formula is C21H17N3O3. The molecule has 0 aliphatic rings. The molecule has 3 aromatic rings. The van der Waals surface area contributed by atoms with Gasteiger partial charge in [-0.2, -0.15) is 5.26 Å². The van der Waals surface area contributed by atoms with Gasteiger partial charge in [-0.1, -0.05) is 6.07 Å². The molecule has 0 aliphatic heterocycles. The third kappa shape index (κ3) is 4.05. The maximum absolute atomic E-state index is 12.5. The van der Waals surface area contributed by atoms with Crippen LogP contribution in [0.2, 0.25) is 0 Å². The Morgan fingerprint density at radius 3 is 2.89 bits per heavy atom. The number of aromatic nitrogens is 1. The number of carbonyl (C=O) groups is 1. The van der Waals surface area contributed by atoms with Gasteiger partial charge in [0, 0.05) is 23.2 Å². The van der Waals surface area contributed by atoms with Gasteiger partial charge in [-0.3, -0.25) is 9.78 Å². The number of amides is 1. The van der Waals surface area contributed by atoms with Crippen LogP contribution >= 0.6 is 0 Å². The maximum atomic E-state index is 12.5. The topological polar surface area (TPSA) is 95.2 Å². The van der Waals surface area contributed by atoms with E-state index in [4.69, 9.17) is 4.74 Å². The Kier molecular flexibility index (Phi) is 5.33. The zero-order valence-corrected chi connectivity index (χ0v) is 14.6. The Morgan fingerprint density at radius 2 is 2.15 bits per heavy atom. The molecule has 134 valence electrons. The van der Waals surface area contributed by atoms with Crippen molar-refractivity contribution in [1.82, 2.24) is 4.98 Å². The Morgan fingerprint density at radius 1 is 1.30 bits per heavy atom. The SMILES string of the molecule is CCOc1ccc(/C=C(/C#N)C(=O)Nc2cccc3ncccc23)c(O)c1. The molecule has 2 aromatic carbocycles. The highest BCUT2D eigenvalue weighted by Crippen LogP contribution is 2.26. The minimum absolute atomic E-state index is 0.0733. The summed E-state index contributed by atoms with van der Waals surface area (Å²) in [4.78, 5) is 16.8. The van der Waals surface area contributed by atoms with Crippen LogP contribution in [0.25, 0.3) is 17.0 Å². The summed E-state index contributed by atoms with van der Waals surface area (Å²) in [5.74, 6) is -0.128. The number of rotatable bonds is 5. The molecule has 2 N–H and O–H groups in total. The van der Waals surface area contributed by atoms with Gasteiger partial charge in [0.1, 0.15) is 23.1 Å². The lowest BCUT2D eigenvalue weighted by molar-refractivity contribution is -0.112. The fourth-order valence-electron chi connectivity index (χ4n) is 2.61. The zero-order chi connectivity index (χ0) is 19.2. The van der Waals surface area contributed by atoms with E-state index in [1.165, 1.54) is 12.1 Å². The summed E-state index contributed by atoms with van der Waals surface area (Å²) < 4.78 is 5.31. The van der Waals surface area contributed by atoms with Crippen molar-refractivity contribution >= 4 is 28.6 Å². The molecule has 1 amide bonds. The molecule has 0 aliphatic carbocycles. The summed E-state index contributed by atoms with van der Waals surface area (Å²) in [7, 11) is 0. The standard InChI is InChI=1S/C21H17N3O3/c1-2-27-16-9-8-14(20(25)12-16)11-15(13-22)21(26)24-19-7-3-6-18-17(19)5-4-10-23-18/h3-12,25H,2H2,1H3,(H,24,26)/b15-11-. The normalized spacial score (nSPS) is 11.0. The molecule has 0 saturated heterocycles. The van der Waals surface area contributed by atoms with Gasteiger partial charge in [0.25, 0.3) is 5.91 Å². The van der Waals surface area contributed by atoms with E-state index in [9.17, 15) is 15.2 Å². The molecule has 0 radical (unpaired) electrons. The van der Waals surface area contributed by atoms with Crippen molar-refractivity contribution < 1.29 is 14.6 Å². The number of phenols is 1. The zero-order valence-electron chi connectivity index (χ0n) is 14.6. The van der Waals surface area contributed by atoms with Crippen LogP contribution in [0.3, 0.4) is 0 Å². The van der Waals surface area contributed by atoms with Crippen LogP contribution in [0.15, 0.2) is 60.3 Å². The monoisotopic (exact) mass is 359 g/mol. The number of nitriles is 1. The number of pyridine rings is 1. The minimum atomic E-state index is -0.567. The number of ether oxygens (including phenoxy) is 1. The number of fused-ring (bicyclic) bond motifs is 1. The van der Waals surface area contributed by atoms with E-state index in [1.54, 1.807) is 36.5 Å². The van der Waals surface area contributed by atoms with Gasteiger partial charge in [-0.25, -0.2) is 0 Å². The molecule has 27 heavy (non-hydrogen) atoms. The smallest absolute Gasteiger partial charge is 0.266 e. The van der Waals surface area contributed by atoms with Crippen LogP contribution < -0.4 is 10.1 Å². The molecule has 1 heterocycles. The molecule has 0 saturated carbocycles. The molecule has 6 heteroatoms. The summed E-state index contributed by atoms with van der Waals surface area (Å²) in [6.07, 6.45) is 3.01. The van der Waals surface area contributed by atoms with Crippen LogP contribution in [0.1, 0.15) is 12.5 Å². The van der Waals surface area contributed by atoms with Crippen LogP contribution in [-0.4, -0.2) is 22.6 Å². The second-order valence-electron chi connectivity index (χ2n) is 5.65. The average molecular weight is 359 g/mol. The highest BCUT2D eigenvalue weighted by Gasteiger charge is 2.13. The highest BCUT2D eigenvalue weighted by atomic mass is 16.5. The number of nitrogens with one attached hydrogen (secondary N) is 1. The lowest BCUT2D eigenvalue weighted by Crippen LogP contribution is -2.13. The summed E-state index contributed by atoms with van der Waals surface area (Å²) >= 11 is 0. The molecule has 6 nitrogen and oxygen atoms in total. The Labute approximate surface area is 156 Å². The van der Waals surface area contributed by atoms with Crippen molar-refractivity contribution in [1.29, 1.82) is 5.26 Å². The van der Waals surface area contributed by atoms with Gasteiger partial charge in [0.2, 0.25) is 0 Å². The van der Waals surface area contributed by atoms with Crippen molar-refractivity contribution in [2.24, 2.45) is 0 Å². The number of benzene rings is 2. The van der Waals surface area contributed by atoms with Crippen molar-refractivity contribution in [3.8, 4) is 17.6 Å². The number of aromatic hydroxyl groups is 1. The van der Waals surface area contributed by atoms with E-state index >= 15 is 0 Å². The molecule has 0 atom stereocenters. The van der Waals surface area contributed by atoms with Gasteiger partial charge < -0.3 is 15.2 Å². The lowest BCUT2D eigenvalue weighted by atomic mass is 10.1. The Bertz CT molecular complexity index is 1060. The van der Waals surface area contributed by atoms with Gasteiger partial charge in [-0.05, 0) is 49.4 Å². The summed E-state index contributed by atoms with van der Waals surface area (Å²) in [6, 6.07) is 15.5. The lowest BCUT2D eigenvalue weighted by Gasteiger charge is -2.08. The van der Waals surface area contributed by atoms with Gasteiger partial charge in [0.05, 0.1) is 17.8 Å². The Balaban J connectivity index is 1.88. The average Bonchev–Trinajstić information content (AvgIpc) is 2.68. The first-order valence-electron chi connectivity index (χ1n) is 8.35. The minimum Gasteiger partial charge on any atom is -0.507 e. The summed E-state index contributed by atoms with van der Waals surface area (Å²) in [6.45, 7) is 2.31. The van der Waals surface area contributed by atoms with E-state index in [-0.39, 0.29) is 11.3 Å². The van der Waals surface area contributed by atoms with E-state index in [0.29, 0.717) is 23.6 Å². The van der Waals surface area contributed by atoms with Crippen molar-refractivity contribution in [3.63, 3.8) is 0 Å². The van der Waals surface area contributed by atoms with Crippen LogP contribution in [0.5, 0.6) is 11.5 Å². The second kappa shape index (κ2) is 8.02. The molecule has 1 aromatic heterocycles. The number of hydrogen-bond donors (Lipinski definition) is 2. The second-order valence-corrected chi connectivity index (χ2v) is 5.65. The summed E-state index contributed by atoms with van der Waals surface area (Å²) in [5.41, 5.74) is 1.52. The first kappa shape index (κ1) is 18.0. The van der Waals surface area contributed by atoms with Crippen LogP contribution in [0, 0.1) is 11.3 Å². The molecule has 0 spiro atoms. The largest absolute Gasteiger partial charge is 0.507 e. The molecule has 0 fully saturated rings. The summed E-state index contributed by atoms with van der Waals surface area (Å²) in [5, 5.41) is 23.0. The number of hydrogen-bond acceptors (Lipinski definition) is 5. The predicted molar refractivity (Wildman–Crippen MR) is 103 cm³/mol. The van der Waals surface area contributed by atoms with E-state index in [1.807, 2.05) is 25.1 Å². The molecular weight excluding hydrogens is 342 g/mol. The fraction of sp³-hybridized carbons (Fsp3) is 0.0952. The van der Waals surface area contributed by atoms with E-state index in [0.717, 1.165) is 10.9 Å². The van der Waals surface area contributed by atoms with Gasteiger partial charge >= 0.3 is 0 Å². The Hall–Kier alpha value is -3.85. The number of carbonyl (C=O) groups excluding carboxylic acids is 1. The van der Waals surface area contributed by atoms with Crippen molar-refractivity contribution in [2.75, 3.05) is 11.9 Å². The van der Waals surface area contributed by atoms with Gasteiger partial charge in [0.15, 0.2) is 0 Å². The third-order valence-electron chi connectivity index (χ3n) is 3.87. The number of anilines is 1. The van der Waals surface area contributed by atoms with E-state index < -0.39 is 5.91 Å². The number of phenolic OH excluding ortho intramolecular Hbond substituents is 1. The maximum Gasteiger partial charge on any atom is 0.266 e. The molecule has 0 bridgehead atoms. The predicted octanol–water partition coefficient (Wildman–Crippen LogP) is 3.88. The van der Waals surface area contributed by atoms with Crippen molar-refractivity contribution in [3.05, 3.63) is 65.9 Å². The molecule has 0 unspecified atom stereocenters. The van der Waals surface area contributed by atoms with Crippen LogP contribution in [0.4, 0.5) is 5.69 Å².